The lowest BCUT2D eigenvalue weighted by atomic mass is 10.0. The molecule has 1 unspecified atom stereocenters. The summed E-state index contributed by atoms with van der Waals surface area (Å²) in [6.07, 6.45) is 4.34. The van der Waals surface area contributed by atoms with E-state index in [2.05, 4.69) is 10.1 Å². The van der Waals surface area contributed by atoms with Crippen molar-refractivity contribution in [1.29, 1.82) is 0 Å². The number of hydrogen-bond donors (Lipinski definition) is 2. The molecule has 3 aromatic heterocycles. The molecule has 0 saturated heterocycles. The van der Waals surface area contributed by atoms with Crippen LogP contribution >= 0.6 is 0 Å². The molecule has 0 aliphatic rings. The number of pyridine rings is 1. The van der Waals surface area contributed by atoms with Gasteiger partial charge in [-0.3, -0.25) is 14.1 Å². The summed E-state index contributed by atoms with van der Waals surface area (Å²) in [6.45, 7) is 2.34. The maximum absolute atomic E-state index is 13.6. The Balaban J connectivity index is 1.29. The lowest BCUT2D eigenvalue weighted by Crippen LogP contribution is -2.21. The van der Waals surface area contributed by atoms with Gasteiger partial charge >= 0.3 is 11.7 Å². The zero-order valence-corrected chi connectivity index (χ0v) is 28.8. The minimum absolute atomic E-state index is 0.0806. The van der Waals surface area contributed by atoms with Crippen molar-refractivity contribution in [2.75, 3.05) is 24.2 Å². The molecule has 3 aromatic carbocycles. The summed E-state index contributed by atoms with van der Waals surface area (Å²) in [6, 6.07) is 16.3. The number of carbonyl (C=O) groups is 1. The molecule has 0 amide bonds. The number of nitrogen functional groups attached to an aromatic ring is 1. The number of hydrogen-bond acceptors (Lipinski definition) is 10. The van der Waals surface area contributed by atoms with Crippen molar-refractivity contribution >= 4 is 38.4 Å². The number of anilines is 2. The Hall–Kier alpha value is -6.10. The van der Waals surface area contributed by atoms with Gasteiger partial charge in [-0.15, -0.1) is 0 Å². The number of nitrogens with two attached hydrogens (primary N) is 1. The van der Waals surface area contributed by atoms with Crippen LogP contribution in [0.5, 0.6) is 11.5 Å². The van der Waals surface area contributed by atoms with Crippen LogP contribution in [0.25, 0.3) is 33.3 Å². The number of rotatable bonds is 13. The quantitative estimate of drug-likeness (QED) is 0.131. The van der Waals surface area contributed by atoms with Crippen molar-refractivity contribution in [1.82, 2.24) is 24.5 Å². The smallest absolute Gasteiger partial charge is 0.355 e. The molecule has 6 rings (SSSR count). The van der Waals surface area contributed by atoms with Gasteiger partial charge in [-0.25, -0.2) is 22.6 Å². The van der Waals surface area contributed by atoms with E-state index in [4.69, 9.17) is 25.0 Å². The number of nitrogens with zero attached hydrogens (tertiary/aromatic N) is 5. The van der Waals surface area contributed by atoms with Crippen molar-refractivity contribution in [3.05, 3.63) is 102 Å². The van der Waals surface area contributed by atoms with Crippen LogP contribution < -0.4 is 19.9 Å². The highest BCUT2D eigenvalue weighted by molar-refractivity contribution is 7.93. The summed E-state index contributed by atoms with van der Waals surface area (Å²) in [4.78, 5) is 16.1. The minimum atomic E-state index is -5.05. The maximum atomic E-state index is 13.6. The molecule has 3 heterocycles. The van der Waals surface area contributed by atoms with Gasteiger partial charge in [-0.2, -0.15) is 19.0 Å². The molecule has 0 fully saturated rings. The predicted molar refractivity (Wildman–Crippen MR) is 187 cm³/mol. The van der Waals surface area contributed by atoms with E-state index in [9.17, 15) is 26.4 Å². The molecule has 0 spiro atoms. The summed E-state index contributed by atoms with van der Waals surface area (Å²) in [5.74, 6) is -3.94. The number of benzene rings is 3. The number of aromatic nitrogens is 5. The first-order chi connectivity index (χ1) is 24.8. The van der Waals surface area contributed by atoms with Gasteiger partial charge in [-0.05, 0) is 61.0 Å². The number of carbonyl (C=O) groups excluding carboxylic acids is 1. The molecule has 0 bridgehead atoms. The van der Waals surface area contributed by atoms with Crippen molar-refractivity contribution in [2.45, 2.75) is 25.3 Å². The van der Waals surface area contributed by atoms with Gasteiger partial charge in [0.2, 0.25) is 0 Å². The van der Waals surface area contributed by atoms with Gasteiger partial charge in [0.15, 0.2) is 0 Å². The van der Waals surface area contributed by atoms with Crippen LogP contribution in [-0.2, 0) is 28.4 Å². The van der Waals surface area contributed by atoms with Gasteiger partial charge in [0.25, 0.3) is 10.0 Å². The zero-order chi connectivity index (χ0) is 37.2. The van der Waals surface area contributed by atoms with Crippen LogP contribution in [0.1, 0.15) is 28.9 Å². The molecule has 0 radical (unpaired) electrons. The first-order valence-electron chi connectivity index (χ1n) is 15.7. The van der Waals surface area contributed by atoms with Crippen molar-refractivity contribution in [3.63, 3.8) is 0 Å². The van der Waals surface area contributed by atoms with E-state index in [1.807, 2.05) is 10.9 Å². The average molecular weight is 736 g/mol. The third kappa shape index (κ3) is 7.48. The number of esters is 1. The molecule has 13 nitrogen and oxygen atoms in total. The number of ether oxygens (including phenoxy) is 3. The highest BCUT2D eigenvalue weighted by atomic mass is 32.2. The van der Waals surface area contributed by atoms with E-state index in [1.54, 1.807) is 60.0 Å². The number of halogens is 3. The van der Waals surface area contributed by atoms with E-state index in [0.29, 0.717) is 56.7 Å². The maximum Gasteiger partial charge on any atom is 0.355 e. The molecule has 17 heteroatoms. The molecule has 6 aromatic rings. The summed E-state index contributed by atoms with van der Waals surface area (Å²) in [5.41, 5.74) is 9.91. The van der Waals surface area contributed by atoms with Gasteiger partial charge in [0.1, 0.15) is 41.5 Å². The Morgan fingerprint density at radius 2 is 1.75 bits per heavy atom. The molecule has 270 valence electrons. The standard InChI is InChI=1S/C35H32F3N7O6S/c1-20(21-4-9-25(36)10-5-21)51-29-16-23(8-13-28(29)43-52(47,48)35(37)38)31-30-32(44(2)42-31)27(18-40-33(30)39)24-17-41-45(19-24)14-15-50-26-11-6-22(7-12-26)34(46)49-3/h4-13,16-20,35,43H,14-15H2,1-3H3,(H2,39,40). The van der Waals surface area contributed by atoms with E-state index in [-0.39, 0.29) is 23.9 Å². The van der Waals surface area contributed by atoms with Crippen molar-refractivity contribution < 1.29 is 40.6 Å². The largest absolute Gasteiger partial charge is 0.492 e. The highest BCUT2D eigenvalue weighted by Crippen LogP contribution is 2.40. The third-order valence-corrected chi connectivity index (χ3v) is 9.06. The summed E-state index contributed by atoms with van der Waals surface area (Å²) in [5, 5.41) is 9.64. The topological polar surface area (TPSA) is 165 Å². The van der Waals surface area contributed by atoms with Crippen LogP contribution in [0.3, 0.4) is 0 Å². The molecular weight excluding hydrogens is 703 g/mol. The number of nitrogens with one attached hydrogen (secondary N) is 1. The van der Waals surface area contributed by atoms with E-state index in [1.165, 1.54) is 49.6 Å². The number of fused-ring (bicyclic) bond motifs is 1. The number of aryl methyl sites for hydroxylation is 1. The predicted octanol–water partition coefficient (Wildman–Crippen LogP) is 6.19. The van der Waals surface area contributed by atoms with E-state index < -0.39 is 33.7 Å². The first kappa shape index (κ1) is 35.7. The molecule has 3 N–H and O–H groups in total. The van der Waals surface area contributed by atoms with Crippen molar-refractivity contribution in [3.8, 4) is 33.9 Å². The molecule has 1 atom stereocenters. The Labute approximate surface area is 295 Å². The van der Waals surface area contributed by atoms with Crippen LogP contribution in [0.4, 0.5) is 24.7 Å². The SMILES string of the molecule is COC(=O)c1ccc(OCCn2cc(-c3cnc(N)c4c(-c5ccc(NS(=O)(=O)C(F)F)c(OC(C)c6ccc(F)cc6)c5)nn(C)c34)cn2)cc1. The summed E-state index contributed by atoms with van der Waals surface area (Å²) < 4.78 is 86.3. The summed E-state index contributed by atoms with van der Waals surface area (Å²) >= 11 is 0. The van der Waals surface area contributed by atoms with Crippen LogP contribution in [-0.4, -0.2) is 58.4 Å². The lowest BCUT2D eigenvalue weighted by Gasteiger charge is -2.19. The second-order valence-corrected chi connectivity index (χ2v) is 13.2. The molecule has 0 aliphatic carbocycles. The number of methoxy groups -OCH3 is 1. The van der Waals surface area contributed by atoms with Gasteiger partial charge in [-0.1, -0.05) is 18.2 Å². The monoisotopic (exact) mass is 735 g/mol. The van der Waals surface area contributed by atoms with Gasteiger partial charge < -0.3 is 19.9 Å². The number of alkyl halides is 2. The molecule has 52 heavy (non-hydrogen) atoms. The normalized spacial score (nSPS) is 12.2. The second kappa shape index (κ2) is 14.6. The Bertz CT molecular complexity index is 2350. The van der Waals surface area contributed by atoms with Crippen LogP contribution in [0.15, 0.2) is 85.3 Å². The highest BCUT2D eigenvalue weighted by Gasteiger charge is 2.27. The Kier molecular flexibility index (Phi) is 10.1. The Morgan fingerprint density at radius 1 is 1.02 bits per heavy atom. The summed E-state index contributed by atoms with van der Waals surface area (Å²) in [7, 11) is -2.02. The fourth-order valence-corrected chi connectivity index (χ4v) is 6.04. The zero-order valence-electron chi connectivity index (χ0n) is 28.0. The fraction of sp³-hybridized carbons (Fsp3) is 0.200. The van der Waals surface area contributed by atoms with Crippen LogP contribution in [0.2, 0.25) is 0 Å². The van der Waals surface area contributed by atoms with Gasteiger partial charge in [0, 0.05) is 36.1 Å². The number of sulfonamides is 1. The molecular formula is C35H32F3N7O6S. The van der Waals surface area contributed by atoms with E-state index in [0.717, 1.165) is 0 Å². The first-order valence-corrected chi connectivity index (χ1v) is 17.2. The Morgan fingerprint density at radius 3 is 2.44 bits per heavy atom. The second-order valence-electron chi connectivity index (χ2n) is 11.5. The van der Waals surface area contributed by atoms with E-state index >= 15 is 0 Å². The molecule has 0 aliphatic heterocycles. The molecule has 0 saturated carbocycles. The van der Waals surface area contributed by atoms with Gasteiger partial charge in [0.05, 0.1) is 42.0 Å². The average Bonchev–Trinajstić information content (AvgIpc) is 3.74. The van der Waals surface area contributed by atoms with Crippen molar-refractivity contribution in [2.24, 2.45) is 7.05 Å². The van der Waals surface area contributed by atoms with Crippen LogP contribution in [0, 0.1) is 5.82 Å². The minimum Gasteiger partial charge on any atom is -0.492 e. The lowest BCUT2D eigenvalue weighted by molar-refractivity contribution is 0.0600. The fourth-order valence-electron chi connectivity index (χ4n) is 5.48. The third-order valence-electron chi connectivity index (χ3n) is 8.08.